The van der Waals surface area contributed by atoms with Crippen LogP contribution in [0.3, 0.4) is 0 Å². The Morgan fingerprint density at radius 2 is 1.58 bits per heavy atom. The molecular formula is C22H20O4. The standard InChI is InChI=1S/C22H20O4/c1-22(21(25)26)13-16(12-19(14-22)20(23)24)11-15-7-9-18(10-8-15)17-5-3-2-4-6-17/h2-10,12-13H,11,14H2,1H3,(H,23,24)(H,25,26). The van der Waals surface area contributed by atoms with E-state index < -0.39 is 17.4 Å². The predicted molar refractivity (Wildman–Crippen MR) is 99.7 cm³/mol. The lowest BCUT2D eigenvalue weighted by atomic mass is 9.77. The van der Waals surface area contributed by atoms with E-state index in [1.165, 1.54) is 0 Å². The number of carboxylic acids is 2. The molecule has 0 fully saturated rings. The Kier molecular flexibility index (Phi) is 4.76. The molecule has 132 valence electrons. The maximum Gasteiger partial charge on any atom is 0.331 e. The maximum atomic E-state index is 11.6. The summed E-state index contributed by atoms with van der Waals surface area (Å²) in [6, 6.07) is 18.0. The van der Waals surface area contributed by atoms with E-state index in [4.69, 9.17) is 0 Å². The first-order valence-corrected chi connectivity index (χ1v) is 8.41. The van der Waals surface area contributed by atoms with Crippen molar-refractivity contribution in [2.45, 2.75) is 19.8 Å². The van der Waals surface area contributed by atoms with Crippen LogP contribution in [0.15, 0.2) is 77.9 Å². The van der Waals surface area contributed by atoms with Gasteiger partial charge >= 0.3 is 11.9 Å². The minimum absolute atomic E-state index is 0.00584. The van der Waals surface area contributed by atoms with E-state index >= 15 is 0 Å². The lowest BCUT2D eigenvalue weighted by molar-refractivity contribution is -0.145. The molecule has 2 aromatic rings. The minimum atomic E-state index is -1.19. The van der Waals surface area contributed by atoms with Crippen LogP contribution in [-0.4, -0.2) is 22.2 Å². The number of carboxylic acid groups (broad SMARTS) is 2. The molecule has 26 heavy (non-hydrogen) atoms. The van der Waals surface area contributed by atoms with Crippen molar-refractivity contribution in [1.29, 1.82) is 0 Å². The highest BCUT2D eigenvalue weighted by atomic mass is 16.4. The SMILES string of the molecule is CC1(C(=O)O)C=C(Cc2ccc(-c3ccccc3)cc2)C=C(C(=O)O)C1. The number of rotatable bonds is 5. The van der Waals surface area contributed by atoms with Gasteiger partial charge in [0.25, 0.3) is 0 Å². The number of hydrogen-bond acceptors (Lipinski definition) is 2. The highest BCUT2D eigenvalue weighted by Crippen LogP contribution is 2.35. The van der Waals surface area contributed by atoms with Crippen molar-refractivity contribution < 1.29 is 19.8 Å². The topological polar surface area (TPSA) is 74.6 Å². The second-order valence-electron chi connectivity index (χ2n) is 6.83. The zero-order chi connectivity index (χ0) is 18.7. The van der Waals surface area contributed by atoms with Crippen molar-refractivity contribution >= 4 is 11.9 Å². The molecule has 2 N–H and O–H groups in total. The van der Waals surface area contributed by atoms with Crippen LogP contribution in [0.4, 0.5) is 0 Å². The van der Waals surface area contributed by atoms with Gasteiger partial charge in [0.2, 0.25) is 0 Å². The van der Waals surface area contributed by atoms with Crippen molar-refractivity contribution in [3.63, 3.8) is 0 Å². The second-order valence-corrected chi connectivity index (χ2v) is 6.83. The van der Waals surface area contributed by atoms with Crippen LogP contribution < -0.4 is 0 Å². The van der Waals surface area contributed by atoms with E-state index in [-0.39, 0.29) is 12.0 Å². The zero-order valence-corrected chi connectivity index (χ0v) is 14.5. The Balaban J connectivity index is 1.86. The molecule has 1 aliphatic rings. The van der Waals surface area contributed by atoms with E-state index in [9.17, 15) is 19.8 Å². The average Bonchev–Trinajstić information content (AvgIpc) is 2.62. The van der Waals surface area contributed by atoms with Crippen molar-refractivity contribution in [2.75, 3.05) is 0 Å². The Morgan fingerprint density at radius 3 is 2.15 bits per heavy atom. The predicted octanol–water partition coefficient (Wildman–Crippen LogP) is 4.33. The van der Waals surface area contributed by atoms with Gasteiger partial charge in [0.1, 0.15) is 0 Å². The summed E-state index contributed by atoms with van der Waals surface area (Å²) in [5, 5.41) is 18.8. The summed E-state index contributed by atoms with van der Waals surface area (Å²) in [4.78, 5) is 23.0. The van der Waals surface area contributed by atoms with E-state index in [2.05, 4.69) is 0 Å². The summed E-state index contributed by atoms with van der Waals surface area (Å²) in [5.41, 5.74) is 2.89. The van der Waals surface area contributed by atoms with Crippen molar-refractivity contribution in [3.8, 4) is 11.1 Å². The first-order valence-electron chi connectivity index (χ1n) is 8.41. The highest BCUT2D eigenvalue weighted by molar-refractivity contribution is 5.90. The molecule has 1 atom stereocenters. The summed E-state index contributed by atoms with van der Waals surface area (Å²) in [7, 11) is 0. The Morgan fingerprint density at radius 1 is 0.962 bits per heavy atom. The maximum absolute atomic E-state index is 11.6. The van der Waals surface area contributed by atoms with Gasteiger partial charge in [-0.15, -0.1) is 0 Å². The third-order valence-corrected chi connectivity index (χ3v) is 4.65. The Bertz CT molecular complexity index is 891. The number of allylic oxidation sites excluding steroid dienone is 2. The van der Waals surface area contributed by atoms with Gasteiger partial charge in [0.05, 0.1) is 5.41 Å². The molecule has 0 radical (unpaired) electrons. The summed E-state index contributed by atoms with van der Waals surface area (Å²) >= 11 is 0. The fourth-order valence-electron chi connectivity index (χ4n) is 3.23. The molecular weight excluding hydrogens is 328 g/mol. The first-order chi connectivity index (χ1) is 12.4. The van der Waals surface area contributed by atoms with Crippen LogP contribution in [0, 0.1) is 5.41 Å². The molecule has 1 unspecified atom stereocenters. The van der Waals surface area contributed by atoms with Crippen molar-refractivity contribution in [1.82, 2.24) is 0 Å². The van der Waals surface area contributed by atoms with Crippen molar-refractivity contribution in [2.24, 2.45) is 5.41 Å². The molecule has 1 aliphatic carbocycles. The molecule has 3 rings (SSSR count). The summed E-state index contributed by atoms with van der Waals surface area (Å²) in [5.74, 6) is -2.08. The fraction of sp³-hybridized carbons (Fsp3) is 0.182. The van der Waals surface area contributed by atoms with Gasteiger partial charge in [-0.3, -0.25) is 4.79 Å². The third-order valence-electron chi connectivity index (χ3n) is 4.65. The minimum Gasteiger partial charge on any atom is -0.481 e. The molecule has 4 nitrogen and oxygen atoms in total. The smallest absolute Gasteiger partial charge is 0.331 e. The summed E-state index contributed by atoms with van der Waals surface area (Å²) < 4.78 is 0. The van der Waals surface area contributed by atoms with E-state index in [1.54, 1.807) is 19.1 Å². The molecule has 0 bridgehead atoms. The molecule has 0 amide bonds. The summed E-state index contributed by atoms with van der Waals surface area (Å²) in [6.45, 7) is 1.56. The van der Waals surface area contributed by atoms with Gasteiger partial charge in [-0.25, -0.2) is 4.79 Å². The number of aliphatic carboxylic acids is 2. The molecule has 0 heterocycles. The summed E-state index contributed by atoms with van der Waals surface area (Å²) in [6.07, 6.45) is 3.76. The second kappa shape index (κ2) is 7.00. The van der Waals surface area contributed by atoms with Gasteiger partial charge in [0.15, 0.2) is 0 Å². The highest BCUT2D eigenvalue weighted by Gasteiger charge is 2.36. The molecule has 0 saturated carbocycles. The first kappa shape index (κ1) is 17.7. The van der Waals surface area contributed by atoms with Crippen LogP contribution in [0.1, 0.15) is 18.9 Å². The van der Waals surface area contributed by atoms with Gasteiger partial charge in [-0.1, -0.05) is 60.7 Å². The van der Waals surface area contributed by atoms with Crippen molar-refractivity contribution in [3.05, 3.63) is 83.5 Å². The van der Waals surface area contributed by atoms with E-state index in [0.29, 0.717) is 12.0 Å². The van der Waals surface area contributed by atoms with Gasteiger partial charge in [-0.2, -0.15) is 0 Å². The molecule has 0 spiro atoms. The molecule has 2 aromatic carbocycles. The third kappa shape index (κ3) is 3.75. The zero-order valence-electron chi connectivity index (χ0n) is 14.5. The number of benzene rings is 2. The van der Waals surface area contributed by atoms with E-state index in [0.717, 1.165) is 16.7 Å². The van der Waals surface area contributed by atoms with Crippen LogP contribution in [0.2, 0.25) is 0 Å². The number of carbonyl (C=O) groups is 2. The molecule has 0 aliphatic heterocycles. The van der Waals surface area contributed by atoms with Crippen LogP contribution in [0.25, 0.3) is 11.1 Å². The van der Waals surface area contributed by atoms with Crippen LogP contribution >= 0.6 is 0 Å². The Hall–Kier alpha value is -3.14. The molecule has 4 heteroatoms. The normalized spacial score (nSPS) is 19.4. The van der Waals surface area contributed by atoms with Crippen LogP contribution in [-0.2, 0) is 16.0 Å². The van der Waals surface area contributed by atoms with Gasteiger partial charge in [-0.05, 0) is 48.1 Å². The van der Waals surface area contributed by atoms with Gasteiger partial charge < -0.3 is 10.2 Å². The Labute approximate surface area is 152 Å². The lowest BCUT2D eigenvalue weighted by Crippen LogP contribution is -2.30. The fourth-order valence-corrected chi connectivity index (χ4v) is 3.23. The number of hydrogen-bond donors (Lipinski definition) is 2. The lowest BCUT2D eigenvalue weighted by Gasteiger charge is -2.26. The largest absolute Gasteiger partial charge is 0.481 e. The monoisotopic (exact) mass is 348 g/mol. The average molecular weight is 348 g/mol. The molecule has 0 saturated heterocycles. The van der Waals surface area contributed by atoms with E-state index in [1.807, 2.05) is 54.6 Å². The van der Waals surface area contributed by atoms with Gasteiger partial charge in [0, 0.05) is 5.57 Å². The molecule has 0 aromatic heterocycles. The van der Waals surface area contributed by atoms with Crippen LogP contribution in [0.5, 0.6) is 0 Å². The quantitative estimate of drug-likeness (QED) is 0.843.